The average molecular weight is 533 g/mol. The summed E-state index contributed by atoms with van der Waals surface area (Å²) in [5.74, 6) is 1.25. The van der Waals surface area contributed by atoms with Crippen LogP contribution in [0.1, 0.15) is 38.5 Å². The molecule has 5 rings (SSSR count). The SMILES string of the molecule is COc1ccc(-n2cc(-c3ccccc3)nc2NC(=O)CN(CC2CCCO2)C(=O)C2CCCC2)cc1OC. The molecule has 1 saturated heterocycles. The minimum atomic E-state index is -0.300. The van der Waals surface area contributed by atoms with Crippen LogP contribution in [0, 0.1) is 5.92 Å². The van der Waals surface area contributed by atoms with Gasteiger partial charge in [-0.05, 0) is 37.8 Å². The Kier molecular flexibility index (Phi) is 8.46. The van der Waals surface area contributed by atoms with E-state index < -0.39 is 0 Å². The lowest BCUT2D eigenvalue weighted by atomic mass is 10.1. The van der Waals surface area contributed by atoms with Crippen molar-refractivity contribution in [3.8, 4) is 28.4 Å². The number of carbonyl (C=O) groups is 2. The zero-order valence-corrected chi connectivity index (χ0v) is 22.6. The number of hydrogen-bond donors (Lipinski definition) is 1. The molecule has 1 aromatic heterocycles. The van der Waals surface area contributed by atoms with Gasteiger partial charge in [0, 0.05) is 36.9 Å². The average Bonchev–Trinajstić information content (AvgIpc) is 3.75. The molecule has 2 fully saturated rings. The van der Waals surface area contributed by atoms with E-state index in [1.807, 2.05) is 59.3 Å². The highest BCUT2D eigenvalue weighted by Gasteiger charge is 2.31. The maximum atomic E-state index is 13.4. The maximum Gasteiger partial charge on any atom is 0.246 e. The highest BCUT2D eigenvalue weighted by Crippen LogP contribution is 2.32. The molecule has 1 unspecified atom stereocenters. The van der Waals surface area contributed by atoms with E-state index >= 15 is 0 Å². The lowest BCUT2D eigenvalue weighted by Crippen LogP contribution is -2.44. The van der Waals surface area contributed by atoms with Crippen LogP contribution in [0.3, 0.4) is 0 Å². The highest BCUT2D eigenvalue weighted by molar-refractivity contribution is 5.94. The maximum absolute atomic E-state index is 13.4. The predicted octanol–water partition coefficient (Wildman–Crippen LogP) is 4.69. The molecule has 2 amide bonds. The van der Waals surface area contributed by atoms with Crippen LogP contribution in [0.2, 0.25) is 0 Å². The van der Waals surface area contributed by atoms with E-state index in [2.05, 4.69) is 5.32 Å². The summed E-state index contributed by atoms with van der Waals surface area (Å²) in [5.41, 5.74) is 2.37. The van der Waals surface area contributed by atoms with Gasteiger partial charge in [0.1, 0.15) is 6.54 Å². The number of hydrogen-bond acceptors (Lipinski definition) is 6. The third kappa shape index (κ3) is 6.25. The van der Waals surface area contributed by atoms with Crippen LogP contribution in [0.4, 0.5) is 5.95 Å². The van der Waals surface area contributed by atoms with Gasteiger partial charge in [-0.1, -0.05) is 43.2 Å². The first-order chi connectivity index (χ1) is 19.1. The molecule has 1 atom stereocenters. The fourth-order valence-electron chi connectivity index (χ4n) is 5.42. The van der Waals surface area contributed by atoms with Gasteiger partial charge in [-0.15, -0.1) is 0 Å². The zero-order valence-electron chi connectivity index (χ0n) is 22.6. The Bertz CT molecular complexity index is 1280. The Morgan fingerprint density at radius 3 is 2.49 bits per heavy atom. The van der Waals surface area contributed by atoms with Crippen LogP contribution in [-0.4, -0.2) is 66.3 Å². The molecule has 9 heteroatoms. The van der Waals surface area contributed by atoms with Crippen LogP contribution in [0.15, 0.2) is 54.7 Å². The van der Waals surface area contributed by atoms with Gasteiger partial charge in [0.05, 0.1) is 31.7 Å². The second-order valence-electron chi connectivity index (χ2n) is 10.1. The molecular weight excluding hydrogens is 496 g/mol. The molecule has 2 aromatic carbocycles. The Balaban J connectivity index is 1.41. The third-order valence-electron chi connectivity index (χ3n) is 7.47. The highest BCUT2D eigenvalue weighted by atomic mass is 16.5. The first kappa shape index (κ1) is 26.7. The molecule has 0 radical (unpaired) electrons. The van der Waals surface area contributed by atoms with Crippen LogP contribution < -0.4 is 14.8 Å². The van der Waals surface area contributed by atoms with Crippen LogP contribution >= 0.6 is 0 Å². The molecule has 206 valence electrons. The molecule has 1 N–H and O–H groups in total. The van der Waals surface area contributed by atoms with E-state index in [1.54, 1.807) is 19.1 Å². The molecule has 1 saturated carbocycles. The first-order valence-corrected chi connectivity index (χ1v) is 13.6. The number of rotatable bonds is 10. The third-order valence-corrected chi connectivity index (χ3v) is 7.47. The van der Waals surface area contributed by atoms with E-state index in [9.17, 15) is 9.59 Å². The number of imidazole rings is 1. The lowest BCUT2D eigenvalue weighted by molar-refractivity contribution is -0.139. The van der Waals surface area contributed by atoms with Crippen LogP contribution in [0.25, 0.3) is 16.9 Å². The number of anilines is 1. The van der Waals surface area contributed by atoms with E-state index in [0.717, 1.165) is 49.8 Å². The van der Waals surface area contributed by atoms with Crippen molar-refractivity contribution in [2.45, 2.75) is 44.6 Å². The minimum Gasteiger partial charge on any atom is -0.493 e. The Hall–Kier alpha value is -3.85. The standard InChI is InChI=1S/C30H36N4O5/c1-37-26-15-14-23(17-27(26)38-2)34-19-25(21-9-4-3-5-10-21)31-30(34)32-28(35)20-33(18-24-13-8-16-39-24)29(36)22-11-6-7-12-22/h3-5,9-10,14-15,17,19,22,24H,6-8,11-13,16,18,20H2,1-2H3,(H,31,32,35). The number of methoxy groups -OCH3 is 2. The van der Waals surface area contributed by atoms with Crippen LogP contribution in [-0.2, 0) is 14.3 Å². The largest absolute Gasteiger partial charge is 0.493 e. The van der Waals surface area contributed by atoms with E-state index in [0.29, 0.717) is 36.3 Å². The zero-order chi connectivity index (χ0) is 27.2. The molecule has 1 aliphatic carbocycles. The smallest absolute Gasteiger partial charge is 0.246 e. The Morgan fingerprint density at radius 1 is 1.03 bits per heavy atom. The fraction of sp³-hybridized carbons (Fsp3) is 0.433. The second-order valence-corrected chi connectivity index (χ2v) is 10.1. The van der Waals surface area contributed by atoms with Crippen molar-refractivity contribution in [3.05, 3.63) is 54.7 Å². The van der Waals surface area contributed by atoms with Gasteiger partial charge in [0.2, 0.25) is 17.8 Å². The Labute approximate surface area is 229 Å². The summed E-state index contributed by atoms with van der Waals surface area (Å²) in [6.45, 7) is 1.09. The van der Waals surface area contributed by atoms with Crippen molar-refractivity contribution in [3.63, 3.8) is 0 Å². The molecule has 0 spiro atoms. The number of benzene rings is 2. The quantitative estimate of drug-likeness (QED) is 0.407. The number of aromatic nitrogens is 2. The summed E-state index contributed by atoms with van der Waals surface area (Å²) < 4.78 is 18.5. The van der Waals surface area contributed by atoms with Gasteiger partial charge < -0.3 is 19.1 Å². The number of amides is 2. The number of ether oxygens (including phenoxy) is 3. The van der Waals surface area contributed by atoms with Gasteiger partial charge in [-0.2, -0.15) is 0 Å². The molecule has 39 heavy (non-hydrogen) atoms. The van der Waals surface area contributed by atoms with Gasteiger partial charge in [-0.3, -0.25) is 19.5 Å². The van der Waals surface area contributed by atoms with Gasteiger partial charge in [0.25, 0.3) is 0 Å². The molecule has 0 bridgehead atoms. The summed E-state index contributed by atoms with van der Waals surface area (Å²) in [5, 5.41) is 2.97. The van der Waals surface area contributed by atoms with Crippen molar-refractivity contribution in [1.82, 2.24) is 14.5 Å². The van der Waals surface area contributed by atoms with Gasteiger partial charge in [0.15, 0.2) is 11.5 Å². The summed E-state index contributed by atoms with van der Waals surface area (Å²) in [7, 11) is 3.17. The molecule has 2 heterocycles. The number of nitrogens with one attached hydrogen (secondary N) is 1. The monoisotopic (exact) mass is 532 g/mol. The van der Waals surface area contributed by atoms with Crippen molar-refractivity contribution in [1.29, 1.82) is 0 Å². The molecule has 1 aliphatic heterocycles. The fourth-order valence-corrected chi connectivity index (χ4v) is 5.42. The van der Waals surface area contributed by atoms with Gasteiger partial charge in [-0.25, -0.2) is 4.98 Å². The minimum absolute atomic E-state index is 0.0161. The normalized spacial score (nSPS) is 17.2. The molecular formula is C30H36N4O5. The van der Waals surface area contributed by atoms with Gasteiger partial charge >= 0.3 is 0 Å². The van der Waals surface area contributed by atoms with Crippen molar-refractivity contribution < 1.29 is 23.8 Å². The molecule has 9 nitrogen and oxygen atoms in total. The number of carbonyl (C=O) groups excluding carboxylic acids is 2. The predicted molar refractivity (Wildman–Crippen MR) is 148 cm³/mol. The van der Waals surface area contributed by atoms with Crippen molar-refractivity contribution in [2.75, 3.05) is 39.2 Å². The van der Waals surface area contributed by atoms with E-state index in [-0.39, 0.29) is 30.4 Å². The number of nitrogens with zero attached hydrogens (tertiary/aromatic N) is 3. The van der Waals surface area contributed by atoms with E-state index in [4.69, 9.17) is 19.2 Å². The second kappa shape index (κ2) is 12.3. The summed E-state index contributed by atoms with van der Waals surface area (Å²) in [4.78, 5) is 33.2. The van der Waals surface area contributed by atoms with Crippen LogP contribution in [0.5, 0.6) is 11.5 Å². The lowest BCUT2D eigenvalue weighted by Gasteiger charge is -2.27. The summed E-state index contributed by atoms with van der Waals surface area (Å²) in [6, 6.07) is 15.3. The van der Waals surface area contributed by atoms with Crippen molar-refractivity contribution in [2.24, 2.45) is 5.92 Å². The molecule has 3 aromatic rings. The van der Waals surface area contributed by atoms with E-state index in [1.165, 1.54) is 0 Å². The van der Waals surface area contributed by atoms with Crippen molar-refractivity contribution >= 4 is 17.8 Å². The summed E-state index contributed by atoms with van der Waals surface area (Å²) >= 11 is 0. The Morgan fingerprint density at radius 2 is 1.79 bits per heavy atom. The molecule has 2 aliphatic rings. The first-order valence-electron chi connectivity index (χ1n) is 13.6. The summed E-state index contributed by atoms with van der Waals surface area (Å²) in [6.07, 6.45) is 7.61. The topological polar surface area (TPSA) is 94.9 Å².